The van der Waals surface area contributed by atoms with Gasteiger partial charge in [-0.1, -0.05) is 141 Å². The first-order valence-electron chi connectivity index (χ1n) is 17.4. The maximum atomic E-state index is 2.48. The Labute approximate surface area is 282 Å². The molecule has 0 saturated heterocycles. The van der Waals surface area contributed by atoms with Crippen molar-refractivity contribution in [1.29, 1.82) is 0 Å². The zero-order chi connectivity index (χ0) is 31.9. The van der Waals surface area contributed by atoms with Gasteiger partial charge in [0.1, 0.15) is 0 Å². The van der Waals surface area contributed by atoms with Gasteiger partial charge in [-0.3, -0.25) is 0 Å². The molecule has 2 nitrogen and oxygen atoms in total. The van der Waals surface area contributed by atoms with Gasteiger partial charge in [-0.15, -0.1) is 0 Å². The molecule has 232 valence electrons. The molecule has 8 aromatic rings. The Morgan fingerprint density at radius 3 is 1.94 bits per heavy atom. The zero-order valence-corrected chi connectivity index (χ0v) is 27.1. The van der Waals surface area contributed by atoms with Crippen molar-refractivity contribution in [3.8, 4) is 16.8 Å². The highest BCUT2D eigenvalue weighted by molar-refractivity contribution is 6.15. The largest absolute Gasteiger partial charge is 0.308 e. The van der Waals surface area contributed by atoms with Crippen LogP contribution >= 0.6 is 0 Å². The number of benzene rings is 7. The van der Waals surface area contributed by atoms with Crippen LogP contribution in [0.5, 0.6) is 0 Å². The summed E-state index contributed by atoms with van der Waals surface area (Å²) >= 11 is 0. The van der Waals surface area contributed by atoms with E-state index in [9.17, 15) is 0 Å². The quantitative estimate of drug-likeness (QED) is 0.180. The minimum Gasteiger partial charge on any atom is -0.308 e. The number of nitrogens with zero attached hydrogens (tertiary/aromatic N) is 2. The van der Waals surface area contributed by atoms with E-state index in [4.69, 9.17) is 0 Å². The van der Waals surface area contributed by atoms with Gasteiger partial charge >= 0.3 is 0 Å². The smallest absolute Gasteiger partial charge is 0.0782 e. The highest BCUT2D eigenvalue weighted by Crippen LogP contribution is 2.48. The molecule has 0 aliphatic heterocycles. The summed E-state index contributed by atoms with van der Waals surface area (Å²) in [6.45, 7) is 0. The summed E-state index contributed by atoms with van der Waals surface area (Å²) in [7, 11) is 0. The third-order valence-electron chi connectivity index (χ3n) is 10.4. The van der Waals surface area contributed by atoms with Crippen LogP contribution in [-0.4, -0.2) is 4.57 Å². The molecule has 1 saturated carbocycles. The van der Waals surface area contributed by atoms with E-state index in [0.29, 0.717) is 5.92 Å². The molecule has 9 rings (SSSR count). The molecule has 0 bridgehead atoms. The van der Waals surface area contributed by atoms with Crippen molar-refractivity contribution in [2.24, 2.45) is 0 Å². The predicted octanol–water partition coefficient (Wildman–Crippen LogP) is 13.1. The predicted molar refractivity (Wildman–Crippen MR) is 204 cm³/mol. The molecule has 0 spiro atoms. The van der Waals surface area contributed by atoms with Gasteiger partial charge in [0.05, 0.1) is 22.4 Å². The Morgan fingerprint density at radius 2 is 1.10 bits per heavy atom. The molecule has 1 aliphatic carbocycles. The minimum atomic E-state index is 0.608. The van der Waals surface area contributed by atoms with Crippen LogP contribution in [0.2, 0.25) is 0 Å². The summed E-state index contributed by atoms with van der Waals surface area (Å²) in [6, 6.07) is 60.1. The number of rotatable bonds is 6. The highest BCUT2D eigenvalue weighted by atomic mass is 15.2. The first-order valence-corrected chi connectivity index (χ1v) is 17.4. The van der Waals surface area contributed by atoms with Crippen LogP contribution < -0.4 is 4.90 Å². The van der Waals surface area contributed by atoms with Crippen LogP contribution in [0.4, 0.5) is 17.1 Å². The van der Waals surface area contributed by atoms with Crippen molar-refractivity contribution < 1.29 is 0 Å². The van der Waals surface area contributed by atoms with Gasteiger partial charge in [-0.05, 0) is 83.1 Å². The summed E-state index contributed by atoms with van der Waals surface area (Å²) in [4.78, 5) is 2.48. The Morgan fingerprint density at radius 1 is 0.479 bits per heavy atom. The molecule has 1 heterocycles. The van der Waals surface area contributed by atoms with Gasteiger partial charge in [-0.2, -0.15) is 0 Å². The number of hydrogen-bond acceptors (Lipinski definition) is 1. The van der Waals surface area contributed by atoms with Gasteiger partial charge < -0.3 is 9.47 Å². The number of fused-ring (bicyclic) bond motifs is 4. The van der Waals surface area contributed by atoms with Crippen LogP contribution in [0.3, 0.4) is 0 Å². The first kappa shape index (κ1) is 28.6. The van der Waals surface area contributed by atoms with Crippen molar-refractivity contribution in [2.45, 2.75) is 38.0 Å². The van der Waals surface area contributed by atoms with Crippen molar-refractivity contribution in [2.75, 3.05) is 4.90 Å². The van der Waals surface area contributed by atoms with E-state index >= 15 is 0 Å². The lowest BCUT2D eigenvalue weighted by atomic mass is 9.80. The van der Waals surface area contributed by atoms with Crippen molar-refractivity contribution in [3.05, 3.63) is 169 Å². The highest BCUT2D eigenvalue weighted by Gasteiger charge is 2.25. The number of aromatic nitrogens is 1. The normalized spacial score (nSPS) is 13.8. The molecule has 0 unspecified atom stereocenters. The molecule has 0 radical (unpaired) electrons. The fourth-order valence-corrected chi connectivity index (χ4v) is 8.26. The average molecular weight is 619 g/mol. The summed E-state index contributed by atoms with van der Waals surface area (Å²) in [5, 5.41) is 5.23. The standard InChI is InChI=1S/C46H38N2/c1-4-17-33(18-5-1)37-27-14-19-34-20-15-28-40(45(34)37)38-25-10-12-30-42(38)47(35-21-6-2-7-22-35)44-32-16-29-41-39-26-11-13-31-43(39)48(46(41)44)36-23-8-3-9-24-36/h2-3,6-16,19-33H,1,4-5,17-18H2. The minimum absolute atomic E-state index is 0.608. The molecule has 1 aliphatic rings. The molecule has 0 atom stereocenters. The Bertz CT molecular complexity index is 2370. The maximum absolute atomic E-state index is 2.48. The Kier molecular flexibility index (Phi) is 7.28. The Hall–Kier alpha value is -5.60. The second-order valence-corrected chi connectivity index (χ2v) is 13.1. The van der Waals surface area contributed by atoms with Crippen molar-refractivity contribution >= 4 is 49.6 Å². The van der Waals surface area contributed by atoms with Crippen LogP contribution in [-0.2, 0) is 0 Å². The molecule has 0 N–H and O–H groups in total. The topological polar surface area (TPSA) is 8.17 Å². The molecular weight excluding hydrogens is 581 g/mol. The number of anilines is 3. The maximum Gasteiger partial charge on any atom is 0.0782 e. The summed E-state index contributed by atoms with van der Waals surface area (Å²) in [5.41, 5.74) is 11.1. The van der Waals surface area contributed by atoms with Gasteiger partial charge in [0, 0.05) is 27.7 Å². The second-order valence-electron chi connectivity index (χ2n) is 13.1. The Balaban J connectivity index is 1.35. The molecule has 48 heavy (non-hydrogen) atoms. The summed E-state index contributed by atoms with van der Waals surface area (Å²) in [6.07, 6.45) is 6.55. The average Bonchev–Trinajstić information content (AvgIpc) is 3.51. The van der Waals surface area contributed by atoms with Crippen LogP contribution in [0, 0.1) is 0 Å². The van der Waals surface area contributed by atoms with Gasteiger partial charge in [0.15, 0.2) is 0 Å². The SMILES string of the molecule is c1ccc(N(c2ccccc2-c2cccc3cccc(C4CCCCC4)c23)c2cccc3c4ccccc4n(-c4ccccc4)c23)cc1. The van der Waals surface area contributed by atoms with E-state index in [1.807, 2.05) is 0 Å². The lowest BCUT2D eigenvalue weighted by molar-refractivity contribution is 0.445. The second kappa shape index (κ2) is 12.2. The van der Waals surface area contributed by atoms with E-state index in [1.54, 1.807) is 0 Å². The molecule has 1 fully saturated rings. The summed E-state index contributed by atoms with van der Waals surface area (Å²) in [5.74, 6) is 0.608. The van der Waals surface area contributed by atoms with Gasteiger partial charge in [0.2, 0.25) is 0 Å². The van der Waals surface area contributed by atoms with Crippen LogP contribution in [0.15, 0.2) is 164 Å². The fourth-order valence-electron chi connectivity index (χ4n) is 8.26. The number of hydrogen-bond donors (Lipinski definition) is 0. The lowest BCUT2D eigenvalue weighted by Gasteiger charge is -2.30. The van der Waals surface area contributed by atoms with Crippen molar-refractivity contribution in [1.82, 2.24) is 4.57 Å². The molecule has 7 aromatic carbocycles. The van der Waals surface area contributed by atoms with Crippen molar-refractivity contribution in [3.63, 3.8) is 0 Å². The zero-order valence-electron chi connectivity index (χ0n) is 27.1. The third-order valence-corrected chi connectivity index (χ3v) is 10.4. The number of para-hydroxylation sites is 5. The summed E-state index contributed by atoms with van der Waals surface area (Å²) < 4.78 is 2.44. The van der Waals surface area contributed by atoms with E-state index in [2.05, 4.69) is 173 Å². The third kappa shape index (κ3) is 4.79. The van der Waals surface area contributed by atoms with E-state index in [1.165, 1.54) is 87.1 Å². The molecule has 0 amide bonds. The monoisotopic (exact) mass is 618 g/mol. The van der Waals surface area contributed by atoms with Crippen LogP contribution in [0.1, 0.15) is 43.6 Å². The van der Waals surface area contributed by atoms with E-state index in [-0.39, 0.29) is 0 Å². The van der Waals surface area contributed by atoms with Gasteiger partial charge in [0.25, 0.3) is 0 Å². The molecule has 1 aromatic heterocycles. The first-order chi connectivity index (χ1) is 23.9. The van der Waals surface area contributed by atoms with E-state index in [0.717, 1.165) is 17.1 Å². The van der Waals surface area contributed by atoms with Crippen LogP contribution in [0.25, 0.3) is 49.4 Å². The lowest BCUT2D eigenvalue weighted by Crippen LogP contribution is -2.13. The molecule has 2 heteroatoms. The fraction of sp³-hybridized carbons (Fsp3) is 0.130. The van der Waals surface area contributed by atoms with Gasteiger partial charge in [-0.25, -0.2) is 0 Å². The molecular formula is C46H38N2. The van der Waals surface area contributed by atoms with E-state index < -0.39 is 0 Å².